The van der Waals surface area contributed by atoms with Crippen molar-refractivity contribution in [2.45, 2.75) is 26.9 Å². The molecule has 0 aliphatic carbocycles. The molecule has 1 atom stereocenters. The maximum atomic E-state index is 9.52. The molecule has 1 aromatic carbocycles. The smallest absolute Gasteiger partial charge is 0.159 e. The summed E-state index contributed by atoms with van der Waals surface area (Å²) in [5.41, 5.74) is 3.81. The van der Waals surface area contributed by atoms with Crippen LogP contribution in [0, 0.1) is 13.8 Å². The summed E-state index contributed by atoms with van der Waals surface area (Å²) in [7, 11) is 0. The maximum absolute atomic E-state index is 9.52. The Morgan fingerprint density at radius 1 is 1.12 bits per heavy atom. The van der Waals surface area contributed by atoms with Crippen molar-refractivity contribution in [1.29, 1.82) is 0 Å². The van der Waals surface area contributed by atoms with E-state index >= 15 is 0 Å². The summed E-state index contributed by atoms with van der Waals surface area (Å²) in [6, 6.07) is 8.09. The average molecular weight is 228 g/mol. The molecule has 3 nitrogen and oxygen atoms in total. The zero-order valence-corrected chi connectivity index (χ0v) is 10.3. The lowest BCUT2D eigenvalue weighted by Crippen LogP contribution is -2.01. The van der Waals surface area contributed by atoms with E-state index in [0.29, 0.717) is 5.82 Å². The quantitative estimate of drug-likeness (QED) is 0.859. The third-order valence-corrected chi connectivity index (χ3v) is 2.78. The van der Waals surface area contributed by atoms with Crippen molar-refractivity contribution in [1.82, 2.24) is 9.97 Å². The molecule has 0 amide bonds. The molecule has 0 aliphatic rings. The molecule has 3 heteroatoms. The lowest BCUT2D eigenvalue weighted by Gasteiger charge is -2.09. The van der Waals surface area contributed by atoms with Gasteiger partial charge in [0.25, 0.3) is 0 Å². The zero-order chi connectivity index (χ0) is 12.4. The Morgan fingerprint density at radius 3 is 2.29 bits per heavy atom. The van der Waals surface area contributed by atoms with Crippen LogP contribution in [0.1, 0.15) is 29.8 Å². The number of aliphatic hydroxyl groups excluding tert-OH is 1. The third-order valence-electron chi connectivity index (χ3n) is 2.78. The van der Waals surface area contributed by atoms with E-state index in [2.05, 4.69) is 9.97 Å². The Kier molecular flexibility index (Phi) is 3.20. The summed E-state index contributed by atoms with van der Waals surface area (Å²) in [6.07, 6.45) is 1.17. The highest BCUT2D eigenvalue weighted by Crippen LogP contribution is 2.19. The molecule has 0 unspecified atom stereocenters. The summed E-state index contributed by atoms with van der Waals surface area (Å²) in [5.74, 6) is 0.701. The molecule has 88 valence electrons. The van der Waals surface area contributed by atoms with Crippen molar-refractivity contribution in [3.8, 4) is 11.4 Å². The first-order valence-electron chi connectivity index (χ1n) is 5.66. The van der Waals surface area contributed by atoms with Crippen molar-refractivity contribution in [2.75, 3.05) is 0 Å². The Labute approximate surface area is 101 Å². The van der Waals surface area contributed by atoms with E-state index in [9.17, 15) is 5.11 Å². The highest BCUT2D eigenvalue weighted by atomic mass is 16.3. The molecule has 0 spiro atoms. The van der Waals surface area contributed by atoms with Crippen LogP contribution >= 0.6 is 0 Å². The van der Waals surface area contributed by atoms with E-state index < -0.39 is 6.10 Å². The molecule has 1 aromatic heterocycles. The molecule has 1 N–H and O–H groups in total. The van der Waals surface area contributed by atoms with Gasteiger partial charge in [0.15, 0.2) is 5.82 Å². The molecular weight excluding hydrogens is 212 g/mol. The van der Waals surface area contributed by atoms with Gasteiger partial charge in [0.1, 0.15) is 0 Å². The van der Waals surface area contributed by atoms with Gasteiger partial charge in [-0.15, -0.1) is 0 Å². The van der Waals surface area contributed by atoms with Crippen LogP contribution in [-0.4, -0.2) is 15.1 Å². The van der Waals surface area contributed by atoms with E-state index in [4.69, 9.17) is 0 Å². The zero-order valence-electron chi connectivity index (χ0n) is 10.3. The van der Waals surface area contributed by atoms with Gasteiger partial charge in [-0.25, -0.2) is 9.97 Å². The second kappa shape index (κ2) is 4.63. The Morgan fingerprint density at radius 2 is 1.76 bits per heavy atom. The van der Waals surface area contributed by atoms with Crippen LogP contribution in [0.3, 0.4) is 0 Å². The van der Waals surface area contributed by atoms with Crippen molar-refractivity contribution >= 4 is 0 Å². The molecule has 0 saturated carbocycles. The number of benzene rings is 1. The number of hydrogen-bond acceptors (Lipinski definition) is 3. The van der Waals surface area contributed by atoms with Crippen LogP contribution in [0.2, 0.25) is 0 Å². The first-order valence-corrected chi connectivity index (χ1v) is 5.66. The number of rotatable bonds is 2. The Bertz CT molecular complexity index is 518. The number of nitrogens with zero attached hydrogens (tertiary/aromatic N) is 2. The van der Waals surface area contributed by atoms with Crippen LogP contribution < -0.4 is 0 Å². The minimum atomic E-state index is -0.526. The second-order valence-electron chi connectivity index (χ2n) is 4.28. The van der Waals surface area contributed by atoms with Gasteiger partial charge in [0.05, 0.1) is 6.10 Å². The largest absolute Gasteiger partial charge is 0.389 e. The molecule has 1 heterocycles. The average Bonchev–Trinajstić information content (AvgIpc) is 2.29. The Hall–Kier alpha value is -1.74. The van der Waals surface area contributed by atoms with Crippen molar-refractivity contribution in [3.63, 3.8) is 0 Å². The van der Waals surface area contributed by atoms with E-state index in [1.807, 2.05) is 38.1 Å². The van der Waals surface area contributed by atoms with Gasteiger partial charge in [-0.1, -0.05) is 29.8 Å². The first kappa shape index (κ1) is 11.7. The summed E-state index contributed by atoms with van der Waals surface area (Å²) in [4.78, 5) is 8.71. The van der Waals surface area contributed by atoms with E-state index in [1.165, 1.54) is 5.56 Å². The minimum absolute atomic E-state index is 0.526. The van der Waals surface area contributed by atoms with Gasteiger partial charge >= 0.3 is 0 Å². The molecule has 0 saturated heterocycles. The number of aliphatic hydroxyl groups is 1. The number of hydrogen-bond donors (Lipinski definition) is 1. The van der Waals surface area contributed by atoms with Gasteiger partial charge in [-0.3, -0.25) is 0 Å². The molecule has 0 fully saturated rings. The maximum Gasteiger partial charge on any atom is 0.159 e. The van der Waals surface area contributed by atoms with Crippen LogP contribution in [0.5, 0.6) is 0 Å². The van der Waals surface area contributed by atoms with Crippen LogP contribution in [0.15, 0.2) is 30.5 Å². The summed E-state index contributed by atoms with van der Waals surface area (Å²) >= 11 is 0. The number of aromatic nitrogens is 2. The predicted molar refractivity (Wildman–Crippen MR) is 67.6 cm³/mol. The Balaban J connectivity index is 2.41. The highest BCUT2D eigenvalue weighted by molar-refractivity contribution is 5.55. The molecular formula is C14H16N2O. The predicted octanol–water partition coefficient (Wildman–Crippen LogP) is 2.81. The molecule has 2 aromatic rings. The molecule has 17 heavy (non-hydrogen) atoms. The van der Waals surface area contributed by atoms with E-state index in [0.717, 1.165) is 16.8 Å². The fourth-order valence-corrected chi connectivity index (χ4v) is 1.73. The molecule has 0 aliphatic heterocycles. The van der Waals surface area contributed by atoms with Gasteiger partial charge < -0.3 is 5.11 Å². The molecule has 0 radical (unpaired) electrons. The fourth-order valence-electron chi connectivity index (χ4n) is 1.73. The summed E-state index contributed by atoms with van der Waals surface area (Å²) in [5, 5.41) is 9.52. The topological polar surface area (TPSA) is 46.0 Å². The minimum Gasteiger partial charge on any atom is -0.389 e. The van der Waals surface area contributed by atoms with Gasteiger partial charge in [0.2, 0.25) is 0 Å². The monoisotopic (exact) mass is 228 g/mol. The number of aryl methyl sites for hydroxylation is 2. The molecule has 2 rings (SSSR count). The SMILES string of the molecule is Cc1ccc(-c2ncc([C@H](C)O)c(C)n2)cc1. The van der Waals surface area contributed by atoms with Crippen LogP contribution in [0.25, 0.3) is 11.4 Å². The van der Waals surface area contributed by atoms with E-state index in [-0.39, 0.29) is 0 Å². The van der Waals surface area contributed by atoms with Crippen molar-refractivity contribution in [2.24, 2.45) is 0 Å². The normalized spacial score (nSPS) is 12.5. The fraction of sp³-hybridized carbons (Fsp3) is 0.286. The lowest BCUT2D eigenvalue weighted by atomic mass is 10.1. The standard InChI is InChI=1S/C14H16N2O/c1-9-4-6-12(7-5-9)14-15-8-13(11(3)17)10(2)16-14/h4-8,11,17H,1-3H3/t11-/m0/s1. The van der Waals surface area contributed by atoms with Crippen LogP contribution in [-0.2, 0) is 0 Å². The summed E-state index contributed by atoms with van der Waals surface area (Å²) < 4.78 is 0. The van der Waals surface area contributed by atoms with Gasteiger partial charge in [-0.2, -0.15) is 0 Å². The highest BCUT2D eigenvalue weighted by Gasteiger charge is 2.08. The van der Waals surface area contributed by atoms with E-state index in [1.54, 1.807) is 13.1 Å². The van der Waals surface area contributed by atoms with Gasteiger partial charge in [-0.05, 0) is 20.8 Å². The second-order valence-corrected chi connectivity index (χ2v) is 4.28. The summed E-state index contributed by atoms with van der Waals surface area (Å²) in [6.45, 7) is 5.66. The first-order chi connectivity index (χ1) is 8.08. The third kappa shape index (κ3) is 2.50. The van der Waals surface area contributed by atoms with Gasteiger partial charge in [0, 0.05) is 23.0 Å². The van der Waals surface area contributed by atoms with Crippen molar-refractivity contribution < 1.29 is 5.11 Å². The van der Waals surface area contributed by atoms with Crippen molar-refractivity contribution in [3.05, 3.63) is 47.3 Å². The molecule has 0 bridgehead atoms. The lowest BCUT2D eigenvalue weighted by molar-refractivity contribution is 0.197. The van der Waals surface area contributed by atoms with Crippen LogP contribution in [0.4, 0.5) is 0 Å².